The number of hydrogen-bond acceptors (Lipinski definition) is 8. The number of aromatic nitrogens is 4. The number of ether oxygens (including phenoxy) is 1. The molecule has 13 heteroatoms. The van der Waals surface area contributed by atoms with Crippen LogP contribution in [0.15, 0.2) is 42.5 Å². The highest BCUT2D eigenvalue weighted by Gasteiger charge is 2.37. The van der Waals surface area contributed by atoms with Gasteiger partial charge in [0.05, 0.1) is 24.4 Å². The van der Waals surface area contributed by atoms with Gasteiger partial charge >= 0.3 is 12.1 Å². The van der Waals surface area contributed by atoms with E-state index in [0.29, 0.717) is 41.6 Å². The second-order valence-electron chi connectivity index (χ2n) is 14.3. The second-order valence-corrected chi connectivity index (χ2v) is 14.3. The third-order valence-corrected chi connectivity index (χ3v) is 10.5. The molecule has 4 aromatic rings. The van der Waals surface area contributed by atoms with Crippen molar-refractivity contribution < 1.29 is 27.8 Å². The van der Waals surface area contributed by atoms with Gasteiger partial charge in [0.25, 0.3) is 0 Å². The van der Waals surface area contributed by atoms with Crippen LogP contribution in [0, 0.1) is 5.41 Å². The molecule has 0 spiro atoms. The average Bonchev–Trinajstić information content (AvgIpc) is 3.71. The number of nitrogens with one attached hydrogen (secondary N) is 1. The maximum absolute atomic E-state index is 14.0. The average molecular weight is 692 g/mol. The zero-order valence-corrected chi connectivity index (χ0v) is 28.6. The van der Waals surface area contributed by atoms with Crippen LogP contribution in [0.25, 0.3) is 33.8 Å². The Morgan fingerprint density at radius 3 is 2.38 bits per heavy atom. The Kier molecular flexibility index (Phi) is 9.46. The van der Waals surface area contributed by atoms with Crippen LogP contribution in [0.1, 0.15) is 62.3 Å². The van der Waals surface area contributed by atoms with Crippen molar-refractivity contribution in [2.24, 2.45) is 5.41 Å². The molecule has 1 aliphatic heterocycles. The molecule has 1 aromatic carbocycles. The quantitative estimate of drug-likeness (QED) is 0.165. The molecule has 1 saturated heterocycles. The van der Waals surface area contributed by atoms with E-state index in [-0.39, 0.29) is 17.8 Å². The summed E-state index contributed by atoms with van der Waals surface area (Å²) in [6.07, 6.45) is 1.62. The number of fused-ring (bicyclic) bond motifs is 1. The normalized spacial score (nSPS) is 18.2. The Morgan fingerprint density at radius 2 is 1.74 bits per heavy atom. The van der Waals surface area contributed by atoms with Crippen molar-refractivity contribution in [3.05, 3.63) is 53.9 Å². The van der Waals surface area contributed by atoms with Crippen LogP contribution in [-0.4, -0.2) is 95.9 Å². The van der Waals surface area contributed by atoms with E-state index in [1.807, 2.05) is 25.2 Å². The molecule has 0 amide bonds. The molecule has 50 heavy (non-hydrogen) atoms. The van der Waals surface area contributed by atoms with E-state index in [4.69, 9.17) is 19.8 Å². The Labute approximate surface area is 289 Å². The van der Waals surface area contributed by atoms with E-state index in [2.05, 4.69) is 36.8 Å². The Morgan fingerprint density at radius 1 is 1.02 bits per heavy atom. The first-order valence-corrected chi connectivity index (χ1v) is 17.5. The molecule has 2 saturated carbocycles. The molecule has 10 nitrogen and oxygen atoms in total. The minimum Gasteiger partial charge on any atom is -0.481 e. The first-order chi connectivity index (χ1) is 24.0. The number of hydrogen-bond donors (Lipinski definition) is 2. The topological polar surface area (TPSA) is 111 Å². The number of imidazole rings is 1. The van der Waals surface area contributed by atoms with Crippen molar-refractivity contribution >= 4 is 28.5 Å². The number of anilines is 2. The van der Waals surface area contributed by atoms with Gasteiger partial charge in [0.1, 0.15) is 17.0 Å². The summed E-state index contributed by atoms with van der Waals surface area (Å²) in [5.74, 6) is -0.113. The number of piperazine rings is 1. The zero-order valence-electron chi connectivity index (χ0n) is 28.6. The molecule has 3 aliphatic rings. The van der Waals surface area contributed by atoms with Gasteiger partial charge in [-0.15, -0.1) is 0 Å². The zero-order chi connectivity index (χ0) is 35.0. The molecular formula is C37H44F3N7O3. The fourth-order valence-corrected chi connectivity index (χ4v) is 7.67. The van der Waals surface area contributed by atoms with E-state index in [1.165, 1.54) is 0 Å². The Hall–Kier alpha value is -4.23. The summed E-state index contributed by atoms with van der Waals surface area (Å²) in [4.78, 5) is 34.8. The minimum atomic E-state index is -4.57. The largest absolute Gasteiger partial charge is 0.481 e. The standard InChI is InChI=1S/C37H44F3N7O3/c1-45(22-36(23-50-2)12-3-4-13-36)30-21-29(26-19-28(24-5-6-24)41-31(20-26)37(38,39)40)42-35-33(30)43-34(44-35)25-7-9-27(10-8-25)47-17-15-46(16-18-47)14-11-32(48)49/h7-10,19-21,24H,3-6,11-18,22-23H2,1-2H3,(H,48,49)(H,42,43,44). The lowest BCUT2D eigenvalue weighted by Crippen LogP contribution is -2.46. The summed E-state index contributed by atoms with van der Waals surface area (Å²) in [6.45, 7) is 5.15. The molecule has 0 unspecified atom stereocenters. The molecule has 2 aliphatic carbocycles. The molecule has 0 atom stereocenters. The van der Waals surface area contributed by atoms with Crippen molar-refractivity contribution in [3.63, 3.8) is 0 Å². The highest BCUT2D eigenvalue weighted by molar-refractivity contribution is 5.91. The SMILES string of the molecule is COCC1(CN(C)c2cc(-c3cc(C4CC4)nc(C(F)(F)F)c3)nc3nc(-c4ccc(N5CCN(CCC(=O)O)CC5)cc4)[nH]c23)CCCC1. The molecule has 3 aromatic heterocycles. The number of H-pyrrole nitrogens is 1. The van der Waals surface area contributed by atoms with Crippen LogP contribution < -0.4 is 9.80 Å². The Balaban J connectivity index is 1.22. The Bertz CT molecular complexity index is 1830. The lowest BCUT2D eigenvalue weighted by Gasteiger charge is -2.35. The number of aliphatic carboxylic acids is 1. The molecule has 3 fully saturated rings. The molecule has 266 valence electrons. The fourth-order valence-electron chi connectivity index (χ4n) is 7.67. The summed E-state index contributed by atoms with van der Waals surface area (Å²) in [5.41, 5.74) is 4.29. The fraction of sp³-hybridized carbons (Fsp3) is 0.514. The smallest absolute Gasteiger partial charge is 0.433 e. The van der Waals surface area contributed by atoms with Crippen LogP contribution in [0.2, 0.25) is 0 Å². The van der Waals surface area contributed by atoms with Gasteiger partial charge in [-0.1, -0.05) is 12.8 Å². The van der Waals surface area contributed by atoms with Crippen molar-refractivity contribution in [2.45, 2.75) is 57.0 Å². The predicted octanol–water partition coefficient (Wildman–Crippen LogP) is 6.82. The number of alkyl halides is 3. The van der Waals surface area contributed by atoms with Gasteiger partial charge in [0.2, 0.25) is 0 Å². The van der Waals surface area contributed by atoms with Gasteiger partial charge in [-0.2, -0.15) is 13.2 Å². The molecule has 0 bridgehead atoms. The maximum Gasteiger partial charge on any atom is 0.433 e. The molecule has 2 N–H and O–H groups in total. The molecule has 4 heterocycles. The number of halogens is 3. The van der Waals surface area contributed by atoms with E-state index < -0.39 is 17.8 Å². The predicted molar refractivity (Wildman–Crippen MR) is 186 cm³/mol. The van der Waals surface area contributed by atoms with Crippen LogP contribution in [0.3, 0.4) is 0 Å². The van der Waals surface area contributed by atoms with Crippen molar-refractivity contribution in [1.82, 2.24) is 24.8 Å². The van der Waals surface area contributed by atoms with Gasteiger partial charge < -0.3 is 24.6 Å². The number of pyridine rings is 2. The first-order valence-electron chi connectivity index (χ1n) is 17.5. The van der Waals surface area contributed by atoms with Gasteiger partial charge in [-0.3, -0.25) is 9.69 Å². The van der Waals surface area contributed by atoms with Crippen LogP contribution in [-0.2, 0) is 15.7 Å². The number of carbonyl (C=O) groups is 1. The van der Waals surface area contributed by atoms with Crippen LogP contribution in [0.4, 0.5) is 24.5 Å². The van der Waals surface area contributed by atoms with Crippen LogP contribution in [0.5, 0.6) is 0 Å². The number of rotatable bonds is 12. The van der Waals surface area contributed by atoms with Crippen molar-refractivity contribution in [2.75, 3.05) is 69.8 Å². The lowest BCUT2D eigenvalue weighted by atomic mass is 9.86. The van der Waals surface area contributed by atoms with E-state index in [9.17, 15) is 18.0 Å². The summed E-state index contributed by atoms with van der Waals surface area (Å²) < 4.78 is 47.7. The first kappa shape index (κ1) is 34.2. The number of methoxy groups -OCH3 is 1. The van der Waals surface area contributed by atoms with Crippen molar-refractivity contribution in [1.29, 1.82) is 0 Å². The highest BCUT2D eigenvalue weighted by Crippen LogP contribution is 2.44. The van der Waals surface area contributed by atoms with Crippen molar-refractivity contribution in [3.8, 4) is 22.6 Å². The van der Waals surface area contributed by atoms with Crippen LogP contribution >= 0.6 is 0 Å². The third kappa shape index (κ3) is 7.44. The van der Waals surface area contributed by atoms with E-state index in [1.54, 1.807) is 13.2 Å². The number of aromatic amines is 1. The van der Waals surface area contributed by atoms with Gasteiger partial charge in [-0.05, 0) is 68.1 Å². The lowest BCUT2D eigenvalue weighted by molar-refractivity contribution is -0.141. The van der Waals surface area contributed by atoms with Gasteiger partial charge in [-0.25, -0.2) is 15.0 Å². The summed E-state index contributed by atoms with van der Waals surface area (Å²) >= 11 is 0. The summed E-state index contributed by atoms with van der Waals surface area (Å²) in [5, 5.41) is 9.01. The second kappa shape index (κ2) is 13.8. The van der Waals surface area contributed by atoms with E-state index in [0.717, 1.165) is 99.8 Å². The number of carboxylic acids is 1. The molecular weight excluding hydrogens is 647 g/mol. The van der Waals surface area contributed by atoms with E-state index >= 15 is 0 Å². The highest BCUT2D eigenvalue weighted by atomic mass is 19.4. The van der Waals surface area contributed by atoms with Gasteiger partial charge in [0.15, 0.2) is 5.65 Å². The minimum absolute atomic E-state index is 0.0149. The summed E-state index contributed by atoms with van der Waals surface area (Å²) in [6, 6.07) is 12.9. The number of benzene rings is 1. The summed E-state index contributed by atoms with van der Waals surface area (Å²) in [7, 11) is 3.76. The van der Waals surface area contributed by atoms with Gasteiger partial charge in [0, 0.05) is 87.3 Å². The number of nitrogens with zero attached hydrogens (tertiary/aromatic N) is 6. The maximum atomic E-state index is 14.0. The molecule has 7 rings (SSSR count). The monoisotopic (exact) mass is 691 g/mol. The molecule has 0 radical (unpaired) electrons. The number of carboxylic acid groups (broad SMARTS) is 1. The third-order valence-electron chi connectivity index (χ3n) is 10.5.